The maximum Gasteiger partial charge on any atom is 0.315 e. The van der Waals surface area contributed by atoms with Gasteiger partial charge < -0.3 is 29.4 Å². The molecule has 0 aliphatic carbocycles. The molecule has 0 fully saturated rings. The van der Waals surface area contributed by atoms with Crippen LogP contribution >= 0.6 is 0 Å². The van der Waals surface area contributed by atoms with Crippen molar-refractivity contribution in [3.63, 3.8) is 0 Å². The second-order valence-electron chi connectivity index (χ2n) is 6.62. The summed E-state index contributed by atoms with van der Waals surface area (Å²) >= 11 is 0. The van der Waals surface area contributed by atoms with Gasteiger partial charge in [-0.1, -0.05) is 18.2 Å². The van der Waals surface area contributed by atoms with E-state index in [1.54, 1.807) is 33.6 Å². The zero-order chi connectivity index (χ0) is 21.5. The van der Waals surface area contributed by atoms with Crippen LogP contribution in [0.15, 0.2) is 54.9 Å². The standard InChI is InChI=1S/C22H26N4O4/c1-26-11-10-23-21(26)20(16-6-5-7-17(13-16)28-2)25-22(27)24-14-15-8-9-18(29-3)19(12-15)30-4/h5-13,20H,14H2,1-4H3,(H2,24,25,27). The molecule has 0 radical (unpaired) electrons. The van der Waals surface area contributed by atoms with Crippen LogP contribution in [0.1, 0.15) is 23.0 Å². The Morgan fingerprint density at radius 2 is 1.87 bits per heavy atom. The third-order valence-corrected chi connectivity index (χ3v) is 4.72. The summed E-state index contributed by atoms with van der Waals surface area (Å²) in [4.78, 5) is 17.1. The van der Waals surface area contributed by atoms with Gasteiger partial charge in [0.05, 0.1) is 21.3 Å². The zero-order valence-electron chi connectivity index (χ0n) is 17.5. The molecule has 1 atom stereocenters. The maximum atomic E-state index is 12.7. The number of imidazole rings is 1. The van der Waals surface area contributed by atoms with Gasteiger partial charge in [0.1, 0.15) is 17.6 Å². The molecule has 30 heavy (non-hydrogen) atoms. The van der Waals surface area contributed by atoms with Gasteiger partial charge >= 0.3 is 6.03 Å². The third-order valence-electron chi connectivity index (χ3n) is 4.72. The third kappa shape index (κ3) is 4.83. The van der Waals surface area contributed by atoms with E-state index in [9.17, 15) is 4.79 Å². The van der Waals surface area contributed by atoms with E-state index in [2.05, 4.69) is 15.6 Å². The van der Waals surface area contributed by atoms with Gasteiger partial charge in [-0.25, -0.2) is 9.78 Å². The summed E-state index contributed by atoms with van der Waals surface area (Å²) in [7, 11) is 6.66. The Morgan fingerprint density at radius 3 is 2.53 bits per heavy atom. The largest absolute Gasteiger partial charge is 0.497 e. The minimum atomic E-state index is -0.439. The van der Waals surface area contributed by atoms with Gasteiger partial charge in [0.15, 0.2) is 11.5 Å². The highest BCUT2D eigenvalue weighted by atomic mass is 16.5. The molecule has 158 valence electrons. The SMILES string of the molecule is COc1cccc(C(NC(=O)NCc2ccc(OC)c(OC)c2)c2nccn2C)c1. The molecule has 1 aromatic heterocycles. The summed E-state index contributed by atoms with van der Waals surface area (Å²) in [5.41, 5.74) is 1.75. The molecule has 1 unspecified atom stereocenters. The average molecular weight is 410 g/mol. The highest BCUT2D eigenvalue weighted by Gasteiger charge is 2.21. The van der Waals surface area contributed by atoms with E-state index in [1.807, 2.05) is 54.2 Å². The van der Waals surface area contributed by atoms with Gasteiger partial charge in [-0.15, -0.1) is 0 Å². The molecule has 3 aromatic rings. The first-order valence-electron chi connectivity index (χ1n) is 9.42. The number of hydrogen-bond donors (Lipinski definition) is 2. The number of amides is 2. The van der Waals surface area contributed by atoms with Crippen LogP contribution in [0.5, 0.6) is 17.2 Å². The van der Waals surface area contributed by atoms with Gasteiger partial charge in [-0.3, -0.25) is 0 Å². The molecule has 1 heterocycles. The molecule has 3 rings (SSSR count). The number of nitrogens with zero attached hydrogens (tertiary/aromatic N) is 2. The summed E-state index contributed by atoms with van der Waals surface area (Å²) in [5.74, 6) is 2.67. The number of carbonyl (C=O) groups excluding carboxylic acids is 1. The molecule has 8 nitrogen and oxygen atoms in total. The quantitative estimate of drug-likeness (QED) is 0.596. The van der Waals surface area contributed by atoms with Crippen molar-refractivity contribution in [3.05, 3.63) is 71.8 Å². The fourth-order valence-electron chi connectivity index (χ4n) is 3.13. The van der Waals surface area contributed by atoms with Gasteiger partial charge in [0, 0.05) is 26.0 Å². The predicted octanol–water partition coefficient (Wildman–Crippen LogP) is 3.03. The van der Waals surface area contributed by atoms with E-state index in [-0.39, 0.29) is 6.03 Å². The number of hydrogen-bond acceptors (Lipinski definition) is 5. The van der Waals surface area contributed by atoms with E-state index in [0.717, 1.165) is 11.1 Å². The molecule has 0 aliphatic rings. The van der Waals surface area contributed by atoms with Crippen molar-refractivity contribution < 1.29 is 19.0 Å². The smallest absolute Gasteiger partial charge is 0.315 e. The molecular weight excluding hydrogens is 384 g/mol. The summed E-state index contributed by atoms with van der Waals surface area (Å²) in [6.45, 7) is 0.331. The maximum absolute atomic E-state index is 12.7. The minimum Gasteiger partial charge on any atom is -0.497 e. The molecule has 2 N–H and O–H groups in total. The molecule has 0 aliphatic heterocycles. The lowest BCUT2D eigenvalue weighted by atomic mass is 10.1. The highest BCUT2D eigenvalue weighted by molar-refractivity contribution is 5.75. The first kappa shape index (κ1) is 21.0. The molecule has 0 saturated heterocycles. The van der Waals surface area contributed by atoms with Gasteiger partial charge in [0.2, 0.25) is 0 Å². The summed E-state index contributed by atoms with van der Waals surface area (Å²) < 4.78 is 17.8. The number of carbonyl (C=O) groups is 1. The van der Waals surface area contributed by atoms with Crippen molar-refractivity contribution >= 4 is 6.03 Å². The number of ether oxygens (including phenoxy) is 3. The second-order valence-corrected chi connectivity index (χ2v) is 6.62. The second kappa shape index (κ2) is 9.69. The van der Waals surface area contributed by atoms with Gasteiger partial charge in [0.25, 0.3) is 0 Å². The van der Waals surface area contributed by atoms with Crippen LogP contribution < -0.4 is 24.8 Å². The Hall–Kier alpha value is -3.68. The topological polar surface area (TPSA) is 86.6 Å². The van der Waals surface area contributed by atoms with Gasteiger partial charge in [-0.2, -0.15) is 0 Å². The van der Waals surface area contributed by atoms with Crippen molar-refractivity contribution in [1.29, 1.82) is 0 Å². The number of benzene rings is 2. The number of aryl methyl sites for hydroxylation is 1. The van der Waals surface area contributed by atoms with E-state index in [0.29, 0.717) is 29.6 Å². The number of urea groups is 1. The van der Waals surface area contributed by atoms with E-state index < -0.39 is 6.04 Å². The first-order chi connectivity index (χ1) is 14.5. The summed E-state index contributed by atoms with van der Waals surface area (Å²) in [6, 6.07) is 12.3. The summed E-state index contributed by atoms with van der Waals surface area (Å²) in [6.07, 6.45) is 3.54. The summed E-state index contributed by atoms with van der Waals surface area (Å²) in [5, 5.41) is 5.89. The van der Waals surface area contributed by atoms with E-state index in [1.165, 1.54) is 0 Å². The van der Waals surface area contributed by atoms with Crippen LogP contribution in [0.2, 0.25) is 0 Å². The fraction of sp³-hybridized carbons (Fsp3) is 0.273. The van der Waals surface area contributed by atoms with Crippen LogP contribution in [-0.2, 0) is 13.6 Å². The number of nitrogens with one attached hydrogen (secondary N) is 2. The number of methoxy groups -OCH3 is 3. The number of rotatable bonds is 8. The van der Waals surface area contributed by atoms with Crippen LogP contribution in [0.3, 0.4) is 0 Å². The zero-order valence-corrected chi connectivity index (χ0v) is 17.5. The lowest BCUT2D eigenvalue weighted by Gasteiger charge is -2.20. The monoisotopic (exact) mass is 410 g/mol. The van der Waals surface area contributed by atoms with Crippen LogP contribution in [0.4, 0.5) is 4.79 Å². The lowest BCUT2D eigenvalue weighted by molar-refractivity contribution is 0.237. The van der Waals surface area contributed by atoms with Gasteiger partial charge in [-0.05, 0) is 35.4 Å². The van der Waals surface area contributed by atoms with Crippen molar-refractivity contribution in [2.45, 2.75) is 12.6 Å². The van der Waals surface area contributed by atoms with E-state index >= 15 is 0 Å². The Labute approximate surface area is 175 Å². The highest BCUT2D eigenvalue weighted by Crippen LogP contribution is 2.27. The molecular formula is C22H26N4O4. The van der Waals surface area contributed by atoms with E-state index in [4.69, 9.17) is 14.2 Å². The first-order valence-corrected chi connectivity index (χ1v) is 9.42. The Morgan fingerprint density at radius 1 is 1.07 bits per heavy atom. The molecule has 8 heteroatoms. The van der Waals surface area contributed by atoms with Crippen LogP contribution in [-0.4, -0.2) is 36.9 Å². The fourth-order valence-corrected chi connectivity index (χ4v) is 3.13. The predicted molar refractivity (Wildman–Crippen MR) is 113 cm³/mol. The van der Waals surface area contributed by atoms with Crippen LogP contribution in [0.25, 0.3) is 0 Å². The lowest BCUT2D eigenvalue weighted by Crippen LogP contribution is -2.38. The van der Waals surface area contributed by atoms with Crippen molar-refractivity contribution in [2.24, 2.45) is 7.05 Å². The molecule has 0 saturated carbocycles. The Bertz CT molecular complexity index is 1000. The molecule has 2 amide bonds. The normalized spacial score (nSPS) is 11.5. The molecule has 2 aromatic carbocycles. The van der Waals surface area contributed by atoms with Crippen molar-refractivity contribution in [1.82, 2.24) is 20.2 Å². The van der Waals surface area contributed by atoms with Crippen LogP contribution in [0, 0.1) is 0 Å². The van der Waals surface area contributed by atoms with Crippen molar-refractivity contribution in [3.8, 4) is 17.2 Å². The Kier molecular flexibility index (Phi) is 6.79. The average Bonchev–Trinajstić information content (AvgIpc) is 3.21. The molecule has 0 bridgehead atoms. The molecule has 0 spiro atoms. The number of aromatic nitrogens is 2. The van der Waals surface area contributed by atoms with Crippen molar-refractivity contribution in [2.75, 3.05) is 21.3 Å². The Balaban J connectivity index is 1.75. The minimum absolute atomic E-state index is 0.319.